The molecule has 1 atom stereocenters. The van der Waals surface area contributed by atoms with Crippen molar-refractivity contribution in [1.82, 2.24) is 0 Å². The number of carboxylic acid groups (broad SMARTS) is 1. The van der Waals surface area contributed by atoms with Crippen LogP contribution in [0.3, 0.4) is 0 Å². The van der Waals surface area contributed by atoms with Crippen molar-refractivity contribution in [2.24, 2.45) is 11.3 Å². The number of carboxylic acids is 1. The van der Waals surface area contributed by atoms with Gasteiger partial charge in [-0.15, -0.1) is 0 Å². The van der Waals surface area contributed by atoms with Gasteiger partial charge in [0.2, 0.25) is 0 Å². The predicted octanol–water partition coefficient (Wildman–Crippen LogP) is 4.23. The largest absolute Gasteiger partial charge is 0.481 e. The summed E-state index contributed by atoms with van der Waals surface area (Å²) >= 11 is 0. The highest BCUT2D eigenvalue weighted by atomic mass is 16.4. The average Bonchev–Trinajstić information content (AvgIpc) is 2.37. The van der Waals surface area contributed by atoms with E-state index in [1.807, 2.05) is 13.8 Å². The number of rotatable bonds is 11. The molecule has 0 aromatic carbocycles. The van der Waals surface area contributed by atoms with Crippen LogP contribution in [0.15, 0.2) is 0 Å². The summed E-state index contributed by atoms with van der Waals surface area (Å²) in [4.78, 5) is 11.8. The second-order valence-electron chi connectivity index (χ2n) is 5.74. The number of aliphatic carboxylic acids is 1. The van der Waals surface area contributed by atoms with Crippen LogP contribution in [0.5, 0.6) is 0 Å². The summed E-state index contributed by atoms with van der Waals surface area (Å²) < 4.78 is 0. The molecule has 0 aliphatic carbocycles. The Balaban J connectivity index is 5.22. The molecule has 1 unspecified atom stereocenters. The van der Waals surface area contributed by atoms with Crippen LogP contribution < -0.4 is 0 Å². The molecule has 0 spiro atoms. The van der Waals surface area contributed by atoms with E-state index >= 15 is 0 Å². The third-order valence-electron chi connectivity index (χ3n) is 4.15. The molecule has 0 saturated heterocycles. The van der Waals surface area contributed by atoms with Crippen molar-refractivity contribution < 1.29 is 15.0 Å². The van der Waals surface area contributed by atoms with Crippen molar-refractivity contribution in [3.63, 3.8) is 0 Å². The minimum atomic E-state index is -0.946. The summed E-state index contributed by atoms with van der Waals surface area (Å²) in [6.07, 6.45) is 5.84. The van der Waals surface area contributed by atoms with Gasteiger partial charge in [-0.2, -0.15) is 0 Å². The van der Waals surface area contributed by atoms with Crippen LogP contribution in [-0.4, -0.2) is 22.3 Å². The zero-order chi connectivity index (χ0) is 14.9. The Labute approximate surface area is 118 Å². The first kappa shape index (κ1) is 18.4. The minimum Gasteiger partial charge on any atom is -0.481 e. The van der Waals surface area contributed by atoms with E-state index in [-0.39, 0.29) is 5.92 Å². The lowest BCUT2D eigenvalue weighted by molar-refractivity contribution is -0.162. The van der Waals surface area contributed by atoms with Gasteiger partial charge >= 0.3 is 5.97 Å². The second kappa shape index (κ2) is 9.35. The van der Waals surface area contributed by atoms with Crippen LogP contribution >= 0.6 is 0 Å². The van der Waals surface area contributed by atoms with Crippen LogP contribution in [-0.2, 0) is 4.79 Å². The number of aliphatic hydroxyl groups excluding tert-OH is 1. The number of aliphatic hydroxyl groups is 1. The SMILES string of the molecule is CCCC(CCC)C(O)C(CCC)(CCC)C(=O)O. The Morgan fingerprint density at radius 3 is 1.63 bits per heavy atom. The van der Waals surface area contributed by atoms with E-state index in [9.17, 15) is 15.0 Å². The van der Waals surface area contributed by atoms with Gasteiger partial charge in [0.25, 0.3) is 0 Å². The number of hydrogen-bond acceptors (Lipinski definition) is 2. The van der Waals surface area contributed by atoms with E-state index in [1.54, 1.807) is 0 Å². The van der Waals surface area contributed by atoms with Gasteiger partial charge in [-0.25, -0.2) is 0 Å². The second-order valence-corrected chi connectivity index (χ2v) is 5.74. The van der Waals surface area contributed by atoms with Gasteiger partial charge in [-0.1, -0.05) is 53.4 Å². The normalized spacial score (nSPS) is 13.8. The Morgan fingerprint density at radius 1 is 0.947 bits per heavy atom. The molecule has 0 aromatic rings. The number of hydrogen-bond donors (Lipinski definition) is 2. The molecule has 0 rings (SSSR count). The first-order valence-electron chi connectivity index (χ1n) is 7.91. The zero-order valence-electron chi connectivity index (χ0n) is 13.1. The predicted molar refractivity (Wildman–Crippen MR) is 79.2 cm³/mol. The van der Waals surface area contributed by atoms with E-state index in [4.69, 9.17) is 0 Å². The molecule has 2 N–H and O–H groups in total. The van der Waals surface area contributed by atoms with E-state index < -0.39 is 17.5 Å². The highest BCUT2D eigenvalue weighted by Gasteiger charge is 2.46. The Hall–Kier alpha value is -0.570. The maximum atomic E-state index is 11.8. The maximum absolute atomic E-state index is 11.8. The van der Waals surface area contributed by atoms with E-state index in [2.05, 4.69) is 13.8 Å². The quantitative estimate of drug-likeness (QED) is 0.591. The highest BCUT2D eigenvalue weighted by molar-refractivity contribution is 5.75. The molecule has 0 bridgehead atoms. The van der Waals surface area contributed by atoms with Crippen LogP contribution in [0.25, 0.3) is 0 Å². The third kappa shape index (κ3) is 4.79. The molecule has 0 amide bonds. The summed E-state index contributed by atoms with van der Waals surface area (Å²) in [6, 6.07) is 0. The lowest BCUT2D eigenvalue weighted by Crippen LogP contribution is -2.46. The van der Waals surface area contributed by atoms with Crippen LogP contribution in [0.4, 0.5) is 0 Å². The Morgan fingerprint density at radius 2 is 1.37 bits per heavy atom. The van der Waals surface area contributed by atoms with Gasteiger partial charge in [0.15, 0.2) is 0 Å². The molecule has 0 heterocycles. The van der Waals surface area contributed by atoms with Crippen molar-refractivity contribution in [2.75, 3.05) is 0 Å². The topological polar surface area (TPSA) is 57.5 Å². The molecule has 114 valence electrons. The fourth-order valence-electron chi connectivity index (χ4n) is 3.31. The standard InChI is InChI=1S/C16H32O3/c1-5-9-13(10-6-2)14(17)16(11-7-3,12-8-4)15(18)19/h13-14,17H,5-12H2,1-4H3,(H,18,19). The van der Waals surface area contributed by atoms with Gasteiger partial charge in [0.1, 0.15) is 0 Å². The van der Waals surface area contributed by atoms with Crippen LogP contribution in [0, 0.1) is 11.3 Å². The molecule has 0 aliphatic rings. The fourth-order valence-corrected chi connectivity index (χ4v) is 3.31. The first-order valence-corrected chi connectivity index (χ1v) is 7.91. The summed E-state index contributed by atoms with van der Waals surface area (Å²) in [5.74, 6) is -0.704. The molecule has 0 aromatic heterocycles. The number of carbonyl (C=O) groups is 1. The highest BCUT2D eigenvalue weighted by Crippen LogP contribution is 2.40. The van der Waals surface area contributed by atoms with Gasteiger partial charge < -0.3 is 10.2 Å². The van der Waals surface area contributed by atoms with Crippen LogP contribution in [0.1, 0.15) is 79.1 Å². The van der Waals surface area contributed by atoms with Gasteiger partial charge in [0.05, 0.1) is 11.5 Å². The molecule has 19 heavy (non-hydrogen) atoms. The maximum Gasteiger partial charge on any atom is 0.312 e. The van der Waals surface area contributed by atoms with Gasteiger partial charge in [0, 0.05) is 0 Å². The summed E-state index contributed by atoms with van der Waals surface area (Å²) in [5.41, 5.74) is -0.946. The Bertz CT molecular complexity index is 238. The first-order chi connectivity index (χ1) is 8.99. The molecule has 0 saturated carbocycles. The summed E-state index contributed by atoms with van der Waals surface area (Å²) in [6.45, 7) is 8.18. The lowest BCUT2D eigenvalue weighted by Gasteiger charge is -2.38. The molecular formula is C16H32O3. The van der Waals surface area contributed by atoms with Gasteiger partial charge in [-0.05, 0) is 31.6 Å². The molecule has 0 aliphatic heterocycles. The van der Waals surface area contributed by atoms with E-state index in [1.165, 1.54) is 0 Å². The summed E-state index contributed by atoms with van der Waals surface area (Å²) in [7, 11) is 0. The van der Waals surface area contributed by atoms with Crippen molar-refractivity contribution in [2.45, 2.75) is 85.2 Å². The molecule has 3 nitrogen and oxygen atoms in total. The monoisotopic (exact) mass is 272 g/mol. The smallest absolute Gasteiger partial charge is 0.312 e. The molecule has 3 heteroatoms. The van der Waals surface area contributed by atoms with Crippen molar-refractivity contribution in [3.8, 4) is 0 Å². The fraction of sp³-hybridized carbons (Fsp3) is 0.938. The van der Waals surface area contributed by atoms with E-state index in [0.717, 1.165) is 38.5 Å². The van der Waals surface area contributed by atoms with Crippen molar-refractivity contribution >= 4 is 5.97 Å². The molecule has 0 fully saturated rings. The van der Waals surface area contributed by atoms with Crippen molar-refractivity contribution in [3.05, 3.63) is 0 Å². The third-order valence-corrected chi connectivity index (χ3v) is 4.15. The van der Waals surface area contributed by atoms with E-state index in [0.29, 0.717) is 12.8 Å². The minimum absolute atomic E-state index is 0.115. The van der Waals surface area contributed by atoms with Gasteiger partial charge in [-0.3, -0.25) is 4.79 Å². The molecular weight excluding hydrogens is 240 g/mol. The lowest BCUT2D eigenvalue weighted by atomic mass is 9.68. The average molecular weight is 272 g/mol. The van der Waals surface area contributed by atoms with Crippen molar-refractivity contribution in [1.29, 1.82) is 0 Å². The zero-order valence-corrected chi connectivity index (χ0v) is 13.1. The Kier molecular flexibility index (Phi) is 9.07. The van der Waals surface area contributed by atoms with Crippen LogP contribution in [0.2, 0.25) is 0 Å². The molecule has 0 radical (unpaired) electrons. The summed E-state index contributed by atoms with van der Waals surface area (Å²) in [5, 5.41) is 20.4.